The van der Waals surface area contributed by atoms with Crippen molar-refractivity contribution in [3.8, 4) is 11.3 Å². The fourth-order valence-corrected chi connectivity index (χ4v) is 3.84. The lowest BCUT2D eigenvalue weighted by Crippen LogP contribution is -2.15. The van der Waals surface area contributed by atoms with E-state index in [-0.39, 0.29) is 0 Å². The molecule has 0 bridgehead atoms. The molecule has 6 heteroatoms. The van der Waals surface area contributed by atoms with Crippen molar-refractivity contribution < 1.29 is 0 Å². The van der Waals surface area contributed by atoms with Gasteiger partial charge in [-0.2, -0.15) is 0 Å². The number of hydrogen-bond acceptors (Lipinski definition) is 5. The van der Waals surface area contributed by atoms with Crippen molar-refractivity contribution in [3.05, 3.63) is 30.1 Å². The van der Waals surface area contributed by atoms with Crippen LogP contribution in [0.5, 0.6) is 0 Å². The van der Waals surface area contributed by atoms with Crippen LogP contribution in [0, 0.1) is 12.8 Å². The summed E-state index contributed by atoms with van der Waals surface area (Å²) in [5.41, 5.74) is 15.3. The van der Waals surface area contributed by atoms with Crippen LogP contribution in [0.1, 0.15) is 37.9 Å². The third kappa shape index (κ3) is 3.16. The molecule has 4 N–H and O–H groups in total. The van der Waals surface area contributed by atoms with Gasteiger partial charge < -0.3 is 16.0 Å². The number of nitrogens with zero attached hydrogens (tertiary/aromatic N) is 4. The SMILES string of the molecule is Cc1nc2ccc(-c3cc(N)nc(N)c3)nc2n1CC1CCCCC1. The quantitative estimate of drug-likeness (QED) is 0.762. The fourth-order valence-electron chi connectivity index (χ4n) is 3.84. The van der Waals surface area contributed by atoms with Crippen LogP contribution >= 0.6 is 0 Å². The highest BCUT2D eigenvalue weighted by Crippen LogP contribution is 2.28. The van der Waals surface area contributed by atoms with E-state index in [0.717, 1.165) is 40.7 Å². The molecule has 1 fully saturated rings. The van der Waals surface area contributed by atoms with E-state index < -0.39 is 0 Å². The van der Waals surface area contributed by atoms with Gasteiger partial charge in [0.1, 0.15) is 23.0 Å². The molecule has 0 spiro atoms. The molecule has 1 saturated carbocycles. The highest BCUT2D eigenvalue weighted by Gasteiger charge is 2.18. The highest BCUT2D eigenvalue weighted by atomic mass is 15.1. The zero-order valence-electron chi connectivity index (χ0n) is 14.6. The summed E-state index contributed by atoms with van der Waals surface area (Å²) in [5, 5.41) is 0. The second-order valence-electron chi connectivity index (χ2n) is 7.02. The average Bonchev–Trinajstić information content (AvgIpc) is 2.90. The van der Waals surface area contributed by atoms with Crippen molar-refractivity contribution in [1.29, 1.82) is 0 Å². The molecule has 0 atom stereocenters. The zero-order chi connectivity index (χ0) is 17.4. The van der Waals surface area contributed by atoms with Gasteiger partial charge in [-0.1, -0.05) is 19.3 Å². The maximum Gasteiger partial charge on any atom is 0.160 e. The van der Waals surface area contributed by atoms with Crippen molar-refractivity contribution in [2.75, 3.05) is 11.5 Å². The molecule has 6 nitrogen and oxygen atoms in total. The highest BCUT2D eigenvalue weighted by molar-refractivity contribution is 5.77. The van der Waals surface area contributed by atoms with Gasteiger partial charge in [-0.25, -0.2) is 15.0 Å². The van der Waals surface area contributed by atoms with Crippen LogP contribution in [0.2, 0.25) is 0 Å². The van der Waals surface area contributed by atoms with Gasteiger partial charge in [0.25, 0.3) is 0 Å². The van der Waals surface area contributed by atoms with Crippen molar-refractivity contribution >= 4 is 22.8 Å². The number of aryl methyl sites for hydroxylation is 1. The molecule has 3 heterocycles. The maximum absolute atomic E-state index is 5.83. The Morgan fingerprint density at radius 2 is 1.72 bits per heavy atom. The first-order chi connectivity index (χ1) is 12.1. The summed E-state index contributed by atoms with van der Waals surface area (Å²) in [6.45, 7) is 3.06. The molecule has 3 aromatic heterocycles. The van der Waals surface area contributed by atoms with Crippen LogP contribution in [-0.4, -0.2) is 19.5 Å². The Morgan fingerprint density at radius 1 is 1.00 bits per heavy atom. The van der Waals surface area contributed by atoms with Crippen LogP contribution < -0.4 is 11.5 Å². The predicted molar refractivity (Wildman–Crippen MR) is 101 cm³/mol. The first-order valence-corrected chi connectivity index (χ1v) is 8.97. The first-order valence-electron chi connectivity index (χ1n) is 8.97. The Balaban J connectivity index is 1.74. The molecule has 0 aromatic carbocycles. The van der Waals surface area contributed by atoms with Crippen LogP contribution in [0.4, 0.5) is 11.6 Å². The number of nitrogens with two attached hydrogens (primary N) is 2. The van der Waals surface area contributed by atoms with E-state index in [1.54, 1.807) is 12.1 Å². The van der Waals surface area contributed by atoms with E-state index in [1.165, 1.54) is 32.1 Å². The Hall–Kier alpha value is -2.63. The van der Waals surface area contributed by atoms with Gasteiger partial charge in [0.15, 0.2) is 5.65 Å². The van der Waals surface area contributed by atoms with Crippen molar-refractivity contribution in [3.63, 3.8) is 0 Å². The summed E-state index contributed by atoms with van der Waals surface area (Å²) < 4.78 is 2.27. The third-order valence-corrected chi connectivity index (χ3v) is 5.11. The van der Waals surface area contributed by atoms with E-state index in [2.05, 4.69) is 21.5 Å². The smallest absolute Gasteiger partial charge is 0.160 e. The number of aromatic nitrogens is 4. The molecule has 0 saturated heterocycles. The largest absolute Gasteiger partial charge is 0.384 e. The summed E-state index contributed by atoms with van der Waals surface area (Å²) >= 11 is 0. The molecule has 25 heavy (non-hydrogen) atoms. The van der Waals surface area contributed by atoms with Gasteiger partial charge >= 0.3 is 0 Å². The second-order valence-corrected chi connectivity index (χ2v) is 7.02. The topological polar surface area (TPSA) is 95.6 Å². The monoisotopic (exact) mass is 336 g/mol. The Kier molecular flexibility index (Phi) is 4.03. The molecule has 0 aliphatic heterocycles. The van der Waals surface area contributed by atoms with Gasteiger partial charge in [0.2, 0.25) is 0 Å². The molecule has 130 valence electrons. The van der Waals surface area contributed by atoms with Crippen molar-refractivity contribution in [1.82, 2.24) is 19.5 Å². The summed E-state index contributed by atoms with van der Waals surface area (Å²) in [6, 6.07) is 7.60. The molecule has 1 aliphatic carbocycles. The van der Waals surface area contributed by atoms with Crippen LogP contribution in [0.3, 0.4) is 0 Å². The summed E-state index contributed by atoms with van der Waals surface area (Å²) in [5.74, 6) is 2.56. The molecular weight excluding hydrogens is 312 g/mol. The number of rotatable bonds is 3. The van der Waals surface area contributed by atoms with Gasteiger partial charge in [0.05, 0.1) is 5.69 Å². The Labute approximate surface area is 147 Å². The Bertz CT molecular complexity index is 887. The molecule has 4 rings (SSSR count). The number of hydrogen-bond donors (Lipinski definition) is 2. The first kappa shape index (κ1) is 15.9. The molecule has 1 aliphatic rings. The second kappa shape index (κ2) is 6.35. The minimum atomic E-state index is 0.406. The number of nitrogen functional groups attached to an aromatic ring is 2. The lowest BCUT2D eigenvalue weighted by Gasteiger charge is -2.22. The predicted octanol–water partition coefficient (Wildman–Crippen LogP) is 3.55. The van der Waals surface area contributed by atoms with E-state index in [4.69, 9.17) is 16.5 Å². The third-order valence-electron chi connectivity index (χ3n) is 5.11. The van der Waals surface area contributed by atoms with Crippen molar-refractivity contribution in [2.45, 2.75) is 45.6 Å². The minimum absolute atomic E-state index is 0.406. The maximum atomic E-state index is 5.83. The van der Waals surface area contributed by atoms with Crippen LogP contribution in [-0.2, 0) is 6.54 Å². The van der Waals surface area contributed by atoms with Gasteiger partial charge in [0, 0.05) is 12.1 Å². The normalized spacial score (nSPS) is 15.7. The molecule has 0 radical (unpaired) electrons. The number of anilines is 2. The van der Waals surface area contributed by atoms with E-state index >= 15 is 0 Å². The molecular formula is C19H24N6. The number of imidazole rings is 1. The van der Waals surface area contributed by atoms with Crippen LogP contribution in [0.25, 0.3) is 22.4 Å². The number of fused-ring (bicyclic) bond motifs is 1. The molecule has 3 aromatic rings. The Morgan fingerprint density at radius 3 is 2.44 bits per heavy atom. The van der Waals surface area contributed by atoms with E-state index in [9.17, 15) is 0 Å². The van der Waals surface area contributed by atoms with Gasteiger partial charge in [-0.05, 0) is 49.9 Å². The average molecular weight is 336 g/mol. The van der Waals surface area contributed by atoms with Crippen molar-refractivity contribution in [2.24, 2.45) is 5.92 Å². The minimum Gasteiger partial charge on any atom is -0.384 e. The van der Waals surface area contributed by atoms with Gasteiger partial charge in [-0.3, -0.25) is 0 Å². The fraction of sp³-hybridized carbons (Fsp3) is 0.421. The zero-order valence-corrected chi connectivity index (χ0v) is 14.6. The van der Waals surface area contributed by atoms with E-state index in [1.807, 2.05) is 12.1 Å². The standard InChI is InChI=1S/C19H24N6/c1-12-22-16-8-7-15(14-9-17(20)24-18(21)10-14)23-19(16)25(12)11-13-5-3-2-4-6-13/h7-10,13H,2-6,11H2,1H3,(H4,20,21,24). The van der Waals surface area contributed by atoms with Gasteiger partial charge in [-0.15, -0.1) is 0 Å². The van der Waals surface area contributed by atoms with E-state index in [0.29, 0.717) is 11.6 Å². The van der Waals surface area contributed by atoms with Crippen LogP contribution in [0.15, 0.2) is 24.3 Å². The summed E-state index contributed by atoms with van der Waals surface area (Å²) in [6.07, 6.45) is 6.65. The summed E-state index contributed by atoms with van der Waals surface area (Å²) in [4.78, 5) is 13.6. The summed E-state index contributed by atoms with van der Waals surface area (Å²) in [7, 11) is 0. The number of pyridine rings is 2. The lowest BCUT2D eigenvalue weighted by atomic mass is 9.89. The lowest BCUT2D eigenvalue weighted by molar-refractivity contribution is 0.319. The molecule has 0 amide bonds. The molecule has 0 unspecified atom stereocenters.